The Morgan fingerprint density at radius 3 is 2.89 bits per heavy atom. The third-order valence-electron chi connectivity index (χ3n) is 3.74. The molecule has 0 aliphatic heterocycles. The number of hydrogen-bond acceptors (Lipinski definition) is 3. The van der Waals surface area contributed by atoms with Gasteiger partial charge in [-0.25, -0.2) is 0 Å². The minimum atomic E-state index is -0.651. The topological polar surface area (TPSA) is 29.1 Å². The molecule has 0 radical (unpaired) electrons. The zero-order chi connectivity index (χ0) is 12.8. The normalized spacial score (nSPS) is 20.1. The molecule has 1 aliphatic rings. The average molecular weight is 285 g/mol. The maximum Gasteiger partial charge on any atom is 0.0443 e. The molecule has 1 N–H and O–H groups in total. The Kier molecular flexibility index (Phi) is 5.86. The van der Waals surface area contributed by atoms with Crippen molar-refractivity contribution in [1.29, 1.82) is 0 Å². The average Bonchev–Trinajstić information content (AvgIpc) is 3.06. The Balaban J connectivity index is 1.90. The molecule has 0 aromatic carbocycles. The van der Waals surface area contributed by atoms with Gasteiger partial charge in [-0.15, -0.1) is 11.3 Å². The first-order valence-corrected chi connectivity index (χ1v) is 9.29. The highest BCUT2D eigenvalue weighted by Crippen LogP contribution is 2.37. The Morgan fingerprint density at radius 2 is 2.28 bits per heavy atom. The Bertz CT molecular complexity index is 358. The molecule has 2 nitrogen and oxygen atoms in total. The van der Waals surface area contributed by atoms with Crippen molar-refractivity contribution in [2.45, 2.75) is 38.6 Å². The molecule has 1 fully saturated rings. The summed E-state index contributed by atoms with van der Waals surface area (Å²) in [6.07, 6.45) is 5.42. The maximum atomic E-state index is 11.5. The smallest absolute Gasteiger partial charge is 0.0443 e. The van der Waals surface area contributed by atoms with Gasteiger partial charge in [0.2, 0.25) is 0 Å². The van der Waals surface area contributed by atoms with Crippen molar-refractivity contribution in [2.24, 2.45) is 5.92 Å². The van der Waals surface area contributed by atoms with Crippen molar-refractivity contribution >= 4 is 22.1 Å². The van der Waals surface area contributed by atoms with E-state index in [0.29, 0.717) is 6.04 Å². The summed E-state index contributed by atoms with van der Waals surface area (Å²) >= 11 is 1.84. The summed E-state index contributed by atoms with van der Waals surface area (Å²) in [5.41, 5.74) is 0. The monoisotopic (exact) mass is 285 g/mol. The summed E-state index contributed by atoms with van der Waals surface area (Å²) in [5, 5.41) is 5.80. The summed E-state index contributed by atoms with van der Waals surface area (Å²) in [7, 11) is -0.651. The first kappa shape index (κ1) is 14.2. The molecule has 1 saturated carbocycles. The first-order valence-electron chi connectivity index (χ1n) is 6.93. The highest BCUT2D eigenvalue weighted by Gasteiger charge is 2.26. The van der Waals surface area contributed by atoms with Crippen LogP contribution in [0.3, 0.4) is 0 Å². The van der Waals surface area contributed by atoms with Crippen LogP contribution in [0.2, 0.25) is 0 Å². The highest BCUT2D eigenvalue weighted by molar-refractivity contribution is 7.84. The van der Waals surface area contributed by atoms with Gasteiger partial charge in [0.05, 0.1) is 0 Å². The molecule has 2 rings (SSSR count). The summed E-state index contributed by atoms with van der Waals surface area (Å²) < 4.78 is 11.5. The van der Waals surface area contributed by atoms with Crippen molar-refractivity contribution in [2.75, 3.05) is 18.1 Å². The van der Waals surface area contributed by atoms with Crippen LogP contribution < -0.4 is 5.32 Å². The first-order chi connectivity index (χ1) is 8.81. The van der Waals surface area contributed by atoms with E-state index < -0.39 is 10.8 Å². The van der Waals surface area contributed by atoms with E-state index in [2.05, 4.69) is 22.8 Å². The number of thiophene rings is 1. The largest absolute Gasteiger partial charge is 0.308 e. The third-order valence-corrected chi connectivity index (χ3v) is 6.00. The van der Waals surface area contributed by atoms with Crippen LogP contribution in [0.25, 0.3) is 0 Å². The van der Waals surface area contributed by atoms with Crippen molar-refractivity contribution in [3.8, 4) is 0 Å². The lowest BCUT2D eigenvalue weighted by Crippen LogP contribution is -2.30. The molecule has 0 spiro atoms. The fraction of sp³-hybridized carbons (Fsp3) is 0.714. The van der Waals surface area contributed by atoms with E-state index in [1.54, 1.807) is 0 Å². The lowest BCUT2D eigenvalue weighted by atomic mass is 9.97. The van der Waals surface area contributed by atoms with Gasteiger partial charge in [-0.3, -0.25) is 4.21 Å². The molecule has 0 bridgehead atoms. The van der Waals surface area contributed by atoms with E-state index >= 15 is 0 Å². The van der Waals surface area contributed by atoms with Crippen LogP contribution in [0.15, 0.2) is 17.5 Å². The van der Waals surface area contributed by atoms with Crippen LogP contribution in [0.4, 0.5) is 0 Å². The van der Waals surface area contributed by atoms with E-state index in [0.717, 1.165) is 24.0 Å². The van der Waals surface area contributed by atoms with Gasteiger partial charge in [0.15, 0.2) is 0 Å². The standard InChI is InChI=1S/C14H23NOS2/c1-2-18(16)11-9-15-14(12-6-3-4-7-12)13-8-5-10-17-13/h5,8,10,12,14-15H,2-4,6-7,9,11H2,1H3. The van der Waals surface area contributed by atoms with Gasteiger partial charge in [0.1, 0.15) is 0 Å². The molecule has 18 heavy (non-hydrogen) atoms. The Labute approximate surface area is 117 Å². The summed E-state index contributed by atoms with van der Waals surface area (Å²) in [4.78, 5) is 1.45. The van der Waals surface area contributed by atoms with Crippen molar-refractivity contribution in [3.63, 3.8) is 0 Å². The number of nitrogens with one attached hydrogen (secondary N) is 1. The molecule has 1 aliphatic carbocycles. The Morgan fingerprint density at radius 1 is 1.50 bits per heavy atom. The third kappa shape index (κ3) is 3.90. The van der Waals surface area contributed by atoms with Gasteiger partial charge in [0, 0.05) is 39.8 Å². The number of rotatable bonds is 7. The molecule has 102 valence electrons. The molecule has 4 heteroatoms. The maximum absolute atomic E-state index is 11.5. The molecule has 1 aromatic heterocycles. The zero-order valence-electron chi connectivity index (χ0n) is 11.1. The molecule has 2 unspecified atom stereocenters. The fourth-order valence-corrected chi connectivity index (χ4v) is 4.26. The van der Waals surface area contributed by atoms with Gasteiger partial charge in [-0.05, 0) is 30.2 Å². The van der Waals surface area contributed by atoms with Gasteiger partial charge < -0.3 is 5.32 Å². The van der Waals surface area contributed by atoms with Crippen molar-refractivity contribution in [3.05, 3.63) is 22.4 Å². The van der Waals surface area contributed by atoms with Crippen molar-refractivity contribution in [1.82, 2.24) is 5.32 Å². The minimum absolute atomic E-state index is 0.487. The predicted octanol–water partition coefficient (Wildman–Crippen LogP) is 3.34. The van der Waals surface area contributed by atoms with E-state index in [-0.39, 0.29) is 0 Å². The van der Waals surface area contributed by atoms with Crippen LogP contribution in [-0.4, -0.2) is 22.3 Å². The fourth-order valence-electron chi connectivity index (χ4n) is 2.73. The lowest BCUT2D eigenvalue weighted by Gasteiger charge is -2.23. The molecule has 0 amide bonds. The highest BCUT2D eigenvalue weighted by atomic mass is 32.2. The second-order valence-electron chi connectivity index (χ2n) is 4.92. The lowest BCUT2D eigenvalue weighted by molar-refractivity contribution is 0.380. The summed E-state index contributed by atoms with van der Waals surface area (Å²) in [6.45, 7) is 2.86. The Hall–Kier alpha value is -0.190. The van der Waals surface area contributed by atoms with Gasteiger partial charge in [-0.2, -0.15) is 0 Å². The molecule has 2 atom stereocenters. The van der Waals surface area contributed by atoms with Crippen LogP contribution in [0, 0.1) is 5.92 Å². The van der Waals surface area contributed by atoms with Gasteiger partial charge in [0.25, 0.3) is 0 Å². The van der Waals surface area contributed by atoms with Crippen LogP contribution in [-0.2, 0) is 10.8 Å². The second-order valence-corrected chi connectivity index (χ2v) is 7.77. The van der Waals surface area contributed by atoms with Gasteiger partial charge in [-0.1, -0.05) is 25.8 Å². The van der Waals surface area contributed by atoms with E-state index in [4.69, 9.17) is 0 Å². The van der Waals surface area contributed by atoms with Gasteiger partial charge >= 0.3 is 0 Å². The zero-order valence-corrected chi connectivity index (χ0v) is 12.7. The van der Waals surface area contributed by atoms with E-state index in [9.17, 15) is 4.21 Å². The summed E-state index contributed by atoms with van der Waals surface area (Å²) in [5.74, 6) is 2.33. The molecule has 1 aromatic rings. The minimum Gasteiger partial charge on any atom is -0.308 e. The second kappa shape index (κ2) is 7.41. The predicted molar refractivity (Wildman–Crippen MR) is 80.6 cm³/mol. The van der Waals surface area contributed by atoms with Crippen molar-refractivity contribution < 1.29 is 4.21 Å². The van der Waals surface area contributed by atoms with Crippen LogP contribution in [0.5, 0.6) is 0 Å². The van der Waals surface area contributed by atoms with E-state index in [1.807, 2.05) is 18.3 Å². The van der Waals surface area contributed by atoms with E-state index in [1.165, 1.54) is 30.6 Å². The SMILES string of the molecule is CCS(=O)CCNC(c1cccs1)C1CCCC1. The molecular formula is C14H23NOS2. The molecule has 0 saturated heterocycles. The number of hydrogen-bond donors (Lipinski definition) is 1. The van der Waals surface area contributed by atoms with Crippen LogP contribution in [0.1, 0.15) is 43.5 Å². The quantitative estimate of drug-likeness (QED) is 0.832. The summed E-state index contributed by atoms with van der Waals surface area (Å²) in [6, 6.07) is 4.85. The molecule has 1 heterocycles. The van der Waals surface area contributed by atoms with Crippen LogP contribution >= 0.6 is 11.3 Å². The molecular weight excluding hydrogens is 262 g/mol.